The molecule has 1 atom stereocenters. The van der Waals surface area contributed by atoms with Gasteiger partial charge in [0.25, 0.3) is 23.6 Å². The zero-order valence-electron chi connectivity index (χ0n) is 10.8. The second-order valence-electron chi connectivity index (χ2n) is 4.85. The van der Waals surface area contributed by atoms with Crippen LogP contribution in [0.4, 0.5) is 5.69 Å². The number of piperidine rings is 1. The number of carbonyl (C=O) groups is 4. The maximum atomic E-state index is 12.3. The summed E-state index contributed by atoms with van der Waals surface area (Å²) in [7, 11) is 0. The highest BCUT2D eigenvalue weighted by molar-refractivity contribution is 6.25. The summed E-state index contributed by atoms with van der Waals surface area (Å²) in [5.74, 6) is -3.08. The molecule has 0 saturated carbocycles. The quantitative estimate of drug-likeness (QED) is 0.418. The van der Waals surface area contributed by atoms with Crippen LogP contribution in [0, 0.1) is 0 Å². The van der Waals surface area contributed by atoms with Gasteiger partial charge < -0.3 is 5.73 Å². The van der Waals surface area contributed by atoms with E-state index in [0.29, 0.717) is 0 Å². The molecule has 3 rings (SSSR count). The number of carbonyl (C=O) groups excluding carboxylic acids is 4. The SMILES string of the molecule is Nc1cccc2c1C(=O)N(C1CCC(=O)N(O)C1=O)C2=O. The van der Waals surface area contributed by atoms with E-state index in [2.05, 4.69) is 0 Å². The largest absolute Gasteiger partial charge is 0.398 e. The Morgan fingerprint density at radius 2 is 1.86 bits per heavy atom. The van der Waals surface area contributed by atoms with Crippen molar-refractivity contribution >= 4 is 29.3 Å². The third-order valence-corrected chi connectivity index (χ3v) is 3.65. The van der Waals surface area contributed by atoms with Crippen LogP contribution in [0.1, 0.15) is 33.6 Å². The van der Waals surface area contributed by atoms with Gasteiger partial charge in [-0.1, -0.05) is 6.07 Å². The molecule has 8 nitrogen and oxygen atoms in total. The first-order valence-corrected chi connectivity index (χ1v) is 6.25. The van der Waals surface area contributed by atoms with Crippen molar-refractivity contribution < 1.29 is 24.4 Å². The molecule has 1 unspecified atom stereocenters. The lowest BCUT2D eigenvalue weighted by Gasteiger charge is -2.30. The fourth-order valence-corrected chi connectivity index (χ4v) is 2.61. The number of benzene rings is 1. The maximum absolute atomic E-state index is 12.3. The minimum absolute atomic E-state index is 0.0138. The number of nitrogens with zero attached hydrogens (tertiary/aromatic N) is 2. The van der Waals surface area contributed by atoms with Crippen molar-refractivity contribution in [1.82, 2.24) is 9.96 Å². The van der Waals surface area contributed by atoms with Gasteiger partial charge in [0.05, 0.1) is 11.1 Å². The van der Waals surface area contributed by atoms with Gasteiger partial charge >= 0.3 is 0 Å². The molecule has 2 heterocycles. The Bertz CT molecular complexity index is 699. The minimum atomic E-state index is -1.19. The van der Waals surface area contributed by atoms with E-state index in [4.69, 9.17) is 5.73 Å². The molecule has 1 aromatic carbocycles. The summed E-state index contributed by atoms with van der Waals surface area (Å²) in [4.78, 5) is 48.6. The van der Waals surface area contributed by atoms with Gasteiger partial charge in [-0.25, -0.2) is 0 Å². The molecule has 8 heteroatoms. The number of amides is 4. The van der Waals surface area contributed by atoms with E-state index < -0.39 is 29.7 Å². The van der Waals surface area contributed by atoms with E-state index in [1.54, 1.807) is 0 Å². The first-order chi connectivity index (χ1) is 9.93. The summed E-state index contributed by atoms with van der Waals surface area (Å²) >= 11 is 0. The van der Waals surface area contributed by atoms with Crippen molar-refractivity contribution in [2.24, 2.45) is 0 Å². The van der Waals surface area contributed by atoms with Gasteiger partial charge in [-0.15, -0.1) is 0 Å². The summed E-state index contributed by atoms with van der Waals surface area (Å²) in [5.41, 5.74) is 6.02. The smallest absolute Gasteiger partial charge is 0.276 e. The first-order valence-electron chi connectivity index (χ1n) is 6.25. The lowest BCUT2D eigenvalue weighted by molar-refractivity contribution is -0.186. The third kappa shape index (κ3) is 1.73. The monoisotopic (exact) mass is 289 g/mol. The zero-order chi connectivity index (χ0) is 15.3. The number of fused-ring (bicyclic) bond motifs is 1. The van der Waals surface area contributed by atoms with E-state index in [0.717, 1.165) is 4.90 Å². The summed E-state index contributed by atoms with van der Waals surface area (Å²) in [5, 5.41) is 9.34. The van der Waals surface area contributed by atoms with Crippen LogP contribution in [0.3, 0.4) is 0 Å². The number of hydrogen-bond donors (Lipinski definition) is 2. The van der Waals surface area contributed by atoms with Crippen LogP contribution >= 0.6 is 0 Å². The number of anilines is 1. The minimum Gasteiger partial charge on any atom is -0.398 e. The van der Waals surface area contributed by atoms with Crippen molar-refractivity contribution in [1.29, 1.82) is 0 Å². The average molecular weight is 289 g/mol. The third-order valence-electron chi connectivity index (χ3n) is 3.65. The molecule has 0 spiro atoms. The Morgan fingerprint density at radius 3 is 2.52 bits per heavy atom. The molecular weight excluding hydrogens is 278 g/mol. The Balaban J connectivity index is 2.01. The molecule has 4 amide bonds. The zero-order valence-corrected chi connectivity index (χ0v) is 10.8. The van der Waals surface area contributed by atoms with E-state index in [9.17, 15) is 24.4 Å². The summed E-state index contributed by atoms with van der Waals surface area (Å²) in [6, 6.07) is 3.27. The average Bonchev–Trinajstić information content (AvgIpc) is 2.71. The van der Waals surface area contributed by atoms with Crippen molar-refractivity contribution in [3.8, 4) is 0 Å². The molecule has 108 valence electrons. The second kappa shape index (κ2) is 4.38. The van der Waals surface area contributed by atoms with Crippen LogP contribution in [0.2, 0.25) is 0 Å². The predicted octanol–water partition coefficient (Wildman–Crippen LogP) is -0.228. The second-order valence-corrected chi connectivity index (χ2v) is 4.85. The van der Waals surface area contributed by atoms with E-state index in [1.165, 1.54) is 18.2 Å². The number of nitrogen functional groups attached to an aromatic ring is 1. The van der Waals surface area contributed by atoms with E-state index >= 15 is 0 Å². The standard InChI is InChI=1S/C13H11N3O5/c14-7-3-1-2-6-10(7)13(20)15(11(6)18)8-4-5-9(17)16(21)12(8)19/h1-3,8,21H,4-5,14H2. The Labute approximate surface area is 118 Å². The van der Waals surface area contributed by atoms with Crippen LogP contribution in [-0.4, -0.2) is 44.8 Å². The normalized spacial score (nSPS) is 22.0. The summed E-state index contributed by atoms with van der Waals surface area (Å²) in [6.45, 7) is 0. The van der Waals surface area contributed by atoms with Crippen molar-refractivity contribution in [3.05, 3.63) is 29.3 Å². The van der Waals surface area contributed by atoms with Crippen LogP contribution in [-0.2, 0) is 9.59 Å². The predicted molar refractivity (Wildman–Crippen MR) is 68.0 cm³/mol. The molecule has 1 fully saturated rings. The number of hydroxylamine groups is 2. The number of hydrogen-bond acceptors (Lipinski definition) is 6. The van der Waals surface area contributed by atoms with Gasteiger partial charge in [0, 0.05) is 12.1 Å². The molecule has 0 aromatic heterocycles. The van der Waals surface area contributed by atoms with Gasteiger partial charge in [0.15, 0.2) is 0 Å². The number of nitrogens with two attached hydrogens (primary N) is 1. The Hall–Kier alpha value is -2.74. The molecule has 3 N–H and O–H groups in total. The molecule has 1 aromatic rings. The van der Waals surface area contributed by atoms with Gasteiger partial charge in [-0.2, -0.15) is 5.06 Å². The van der Waals surface area contributed by atoms with Crippen molar-refractivity contribution in [2.75, 3.05) is 5.73 Å². The molecule has 21 heavy (non-hydrogen) atoms. The van der Waals surface area contributed by atoms with Crippen LogP contribution in [0.25, 0.3) is 0 Å². The van der Waals surface area contributed by atoms with Crippen molar-refractivity contribution in [3.63, 3.8) is 0 Å². The van der Waals surface area contributed by atoms with Gasteiger partial charge in [0.2, 0.25) is 0 Å². The van der Waals surface area contributed by atoms with E-state index in [1.807, 2.05) is 0 Å². The first kappa shape index (κ1) is 13.3. The number of rotatable bonds is 1. The Kier molecular flexibility index (Phi) is 2.77. The Morgan fingerprint density at radius 1 is 1.14 bits per heavy atom. The summed E-state index contributed by atoms with van der Waals surface area (Å²) in [6.07, 6.45) is -0.143. The van der Waals surface area contributed by atoms with Gasteiger partial charge in [0.1, 0.15) is 6.04 Å². The molecule has 0 radical (unpaired) electrons. The fraction of sp³-hybridized carbons (Fsp3) is 0.231. The maximum Gasteiger partial charge on any atom is 0.276 e. The van der Waals surface area contributed by atoms with Gasteiger partial charge in [-0.3, -0.25) is 29.3 Å². The fourth-order valence-electron chi connectivity index (χ4n) is 2.61. The highest BCUT2D eigenvalue weighted by Gasteiger charge is 2.47. The topological polar surface area (TPSA) is 121 Å². The van der Waals surface area contributed by atoms with Gasteiger partial charge in [-0.05, 0) is 18.6 Å². The highest BCUT2D eigenvalue weighted by atomic mass is 16.5. The molecular formula is C13H11N3O5. The van der Waals surface area contributed by atoms with Crippen LogP contribution in [0.5, 0.6) is 0 Å². The molecule has 0 aliphatic carbocycles. The molecule has 1 saturated heterocycles. The lowest BCUT2D eigenvalue weighted by atomic mass is 10.0. The van der Waals surface area contributed by atoms with Crippen LogP contribution < -0.4 is 5.73 Å². The highest BCUT2D eigenvalue weighted by Crippen LogP contribution is 2.31. The van der Waals surface area contributed by atoms with Crippen molar-refractivity contribution in [2.45, 2.75) is 18.9 Å². The van der Waals surface area contributed by atoms with Crippen LogP contribution in [0.15, 0.2) is 18.2 Å². The summed E-state index contributed by atoms with van der Waals surface area (Å²) < 4.78 is 0. The molecule has 2 aliphatic rings. The molecule has 2 aliphatic heterocycles. The van der Waals surface area contributed by atoms with E-state index in [-0.39, 0.29) is 34.7 Å². The lowest BCUT2D eigenvalue weighted by Crippen LogP contribution is -2.55. The molecule has 0 bridgehead atoms. The number of imide groups is 2.